The van der Waals surface area contributed by atoms with Crippen LogP contribution in [0.3, 0.4) is 0 Å². The fourth-order valence-corrected chi connectivity index (χ4v) is 9.55. The van der Waals surface area contributed by atoms with E-state index in [2.05, 4.69) is 11.8 Å². The van der Waals surface area contributed by atoms with Crippen LogP contribution in [-0.2, 0) is 9.63 Å². The highest BCUT2D eigenvalue weighted by Gasteiger charge is 2.52. The lowest BCUT2D eigenvalue weighted by Gasteiger charge is -2.12. The van der Waals surface area contributed by atoms with E-state index in [0.717, 1.165) is 84.7 Å². The molecule has 9 nitrogen and oxygen atoms in total. The van der Waals surface area contributed by atoms with Gasteiger partial charge in [-0.3, -0.25) is 14.4 Å². The Kier molecular flexibility index (Phi) is 10.1. The molecule has 10 rings (SSSR count). The molecule has 4 saturated carbocycles. The smallest absolute Gasteiger partial charge is 0.319 e. The van der Waals surface area contributed by atoms with Crippen molar-refractivity contribution in [1.29, 1.82) is 0 Å². The predicted molar refractivity (Wildman–Crippen MR) is 222 cm³/mol. The molecule has 0 bridgehead atoms. The number of nitrogens with zero attached hydrogens (tertiary/aromatic N) is 1. The SMILES string of the molecule is CC1(COc2ccc3c(C(=O)C4CC4)c(-c4ccc(F)cc4)sc3c2)CC1.O=C(c1c(-c2ccc(F)cc2)sc2cc(OC(=O)C3(CO[N+](=O)[O-])CC3)ccc12)C1CC1. The third-order valence-corrected chi connectivity index (χ3v) is 14.0. The normalized spacial score (nSPS) is 17.1. The number of rotatable bonds is 14. The van der Waals surface area contributed by atoms with E-state index in [0.29, 0.717) is 29.6 Å². The van der Waals surface area contributed by atoms with Crippen molar-refractivity contribution in [1.82, 2.24) is 0 Å². The van der Waals surface area contributed by atoms with Crippen LogP contribution in [0.1, 0.15) is 79.0 Å². The van der Waals surface area contributed by atoms with Gasteiger partial charge < -0.3 is 14.3 Å². The molecule has 6 aromatic rings. The maximum absolute atomic E-state index is 13.4. The van der Waals surface area contributed by atoms with Gasteiger partial charge in [-0.2, -0.15) is 0 Å². The zero-order chi connectivity index (χ0) is 41.1. The first-order valence-electron chi connectivity index (χ1n) is 19.7. The number of fused-ring (bicyclic) bond motifs is 2. The third kappa shape index (κ3) is 8.36. The van der Waals surface area contributed by atoms with E-state index in [1.807, 2.05) is 18.2 Å². The van der Waals surface area contributed by atoms with Crippen LogP contribution in [0.4, 0.5) is 8.78 Å². The number of esters is 1. The summed E-state index contributed by atoms with van der Waals surface area (Å²) in [5.41, 5.74) is 2.42. The summed E-state index contributed by atoms with van der Waals surface area (Å²) in [4.78, 5) is 55.2. The molecule has 0 saturated heterocycles. The van der Waals surface area contributed by atoms with E-state index in [4.69, 9.17) is 9.47 Å². The van der Waals surface area contributed by atoms with Gasteiger partial charge in [-0.05, 0) is 123 Å². The standard InChI is InChI=1S/C23H18FNO6S.C23H21FO2S/c24-15-5-3-14(4-6-15)21-19(20(26)13-1-2-13)17-8-7-16(11-18(17)32-21)31-22(27)23(9-10-23)12-30-25(28)29;1-23(10-11-23)13-26-17-8-9-18-19(12-17)27-22(15-4-6-16(24)7-5-15)20(18)21(25)14-2-3-14/h3-8,11,13H,1-2,9-10,12H2;4-9,12,14H,2-3,10-11,13H2,1H3. The fraction of sp³-hybridized carbons (Fsp3) is 0.326. The summed E-state index contributed by atoms with van der Waals surface area (Å²) in [5, 5.41) is 11.3. The molecule has 0 unspecified atom stereocenters. The second-order valence-electron chi connectivity index (χ2n) is 16.5. The minimum atomic E-state index is -0.982. The molecule has 4 aromatic carbocycles. The Labute approximate surface area is 346 Å². The van der Waals surface area contributed by atoms with Gasteiger partial charge in [0.25, 0.3) is 5.09 Å². The molecule has 0 spiro atoms. The number of thiophene rings is 2. The summed E-state index contributed by atoms with van der Waals surface area (Å²) >= 11 is 2.98. The van der Waals surface area contributed by atoms with Gasteiger partial charge in [-0.15, -0.1) is 32.8 Å². The molecule has 0 aliphatic heterocycles. The zero-order valence-electron chi connectivity index (χ0n) is 32.1. The molecule has 13 heteroatoms. The van der Waals surface area contributed by atoms with E-state index >= 15 is 0 Å². The van der Waals surface area contributed by atoms with Crippen LogP contribution in [0, 0.1) is 44.4 Å². The van der Waals surface area contributed by atoms with Crippen LogP contribution < -0.4 is 9.47 Å². The van der Waals surface area contributed by atoms with Gasteiger partial charge in [-0.25, -0.2) is 8.78 Å². The molecular weight excluding hydrogens is 797 g/mol. The number of Topliss-reactive ketones (excluding diaryl/α,β-unsaturated/α-hetero) is 2. The van der Waals surface area contributed by atoms with Crippen LogP contribution >= 0.6 is 22.7 Å². The van der Waals surface area contributed by atoms with E-state index < -0.39 is 16.5 Å². The van der Waals surface area contributed by atoms with Crippen LogP contribution in [0.2, 0.25) is 0 Å². The molecule has 4 aliphatic rings. The second kappa shape index (κ2) is 15.3. The van der Waals surface area contributed by atoms with Crippen LogP contribution in [0.25, 0.3) is 41.1 Å². The maximum atomic E-state index is 13.4. The summed E-state index contributed by atoms with van der Waals surface area (Å²) < 4.78 is 40.1. The van der Waals surface area contributed by atoms with Crippen LogP contribution in [-0.4, -0.2) is 35.8 Å². The lowest BCUT2D eigenvalue weighted by Crippen LogP contribution is -2.27. The number of ether oxygens (including phenoxy) is 2. The molecule has 4 aliphatic carbocycles. The first kappa shape index (κ1) is 39.0. The molecule has 0 amide bonds. The molecule has 4 fully saturated rings. The predicted octanol–water partition coefficient (Wildman–Crippen LogP) is 11.7. The van der Waals surface area contributed by atoms with Crippen molar-refractivity contribution in [3.8, 4) is 32.4 Å². The van der Waals surface area contributed by atoms with Crippen molar-refractivity contribution in [2.45, 2.75) is 58.3 Å². The van der Waals surface area contributed by atoms with E-state index in [9.17, 15) is 33.3 Å². The average molecular weight is 836 g/mol. The lowest BCUT2D eigenvalue weighted by atomic mass is 9.99. The average Bonchev–Trinajstić information content (AvgIpc) is 4.02. The Morgan fingerprint density at radius 3 is 1.61 bits per heavy atom. The first-order chi connectivity index (χ1) is 28.4. The largest absolute Gasteiger partial charge is 0.493 e. The highest BCUT2D eigenvalue weighted by molar-refractivity contribution is 7.23. The van der Waals surface area contributed by atoms with Gasteiger partial charge in [0.05, 0.1) is 12.0 Å². The number of hydrogen-bond acceptors (Lipinski definition) is 10. The van der Waals surface area contributed by atoms with Gasteiger partial charge in [0.1, 0.15) is 29.7 Å². The van der Waals surface area contributed by atoms with Gasteiger partial charge in [0, 0.05) is 58.3 Å². The molecule has 0 N–H and O–H groups in total. The molecule has 0 atom stereocenters. The Hall–Kier alpha value is -5.53. The molecule has 302 valence electrons. The lowest BCUT2D eigenvalue weighted by molar-refractivity contribution is -0.759. The fourth-order valence-electron chi connectivity index (χ4n) is 7.07. The van der Waals surface area contributed by atoms with Crippen molar-refractivity contribution in [3.05, 3.63) is 118 Å². The molecule has 2 heterocycles. The number of carbonyl (C=O) groups excluding carboxylic acids is 3. The maximum Gasteiger partial charge on any atom is 0.319 e. The minimum absolute atomic E-state index is 0.0147. The van der Waals surface area contributed by atoms with Crippen molar-refractivity contribution in [2.75, 3.05) is 13.2 Å². The Bertz CT molecular complexity index is 2640. The van der Waals surface area contributed by atoms with Crippen molar-refractivity contribution < 1.29 is 42.6 Å². The number of carbonyl (C=O) groups is 3. The quantitative estimate of drug-likeness (QED) is 0.0349. The molecule has 2 aromatic heterocycles. The number of ketones is 2. The van der Waals surface area contributed by atoms with Gasteiger partial charge in [0.15, 0.2) is 11.6 Å². The summed E-state index contributed by atoms with van der Waals surface area (Å²) in [6.45, 7) is 2.66. The van der Waals surface area contributed by atoms with E-state index in [1.165, 1.54) is 48.4 Å². The topological polar surface area (TPSA) is 122 Å². The molecule has 59 heavy (non-hydrogen) atoms. The summed E-state index contributed by atoms with van der Waals surface area (Å²) in [5.74, 6) is 0.430. The molecular formula is C46H39F2NO8S2. The van der Waals surface area contributed by atoms with Gasteiger partial charge in [-0.1, -0.05) is 31.2 Å². The highest BCUT2D eigenvalue weighted by atomic mass is 32.1. The number of halogens is 2. The van der Waals surface area contributed by atoms with Crippen LogP contribution in [0.5, 0.6) is 11.5 Å². The summed E-state index contributed by atoms with van der Waals surface area (Å²) in [6.07, 6.45) is 7.06. The second-order valence-corrected chi connectivity index (χ2v) is 18.6. The zero-order valence-corrected chi connectivity index (χ0v) is 33.7. The van der Waals surface area contributed by atoms with Crippen molar-refractivity contribution in [3.63, 3.8) is 0 Å². The Balaban J connectivity index is 0.000000154. The highest BCUT2D eigenvalue weighted by Crippen LogP contribution is 2.49. The summed E-state index contributed by atoms with van der Waals surface area (Å²) in [7, 11) is 0. The Morgan fingerprint density at radius 1 is 0.695 bits per heavy atom. The van der Waals surface area contributed by atoms with E-state index in [-0.39, 0.29) is 41.6 Å². The number of hydrogen-bond donors (Lipinski definition) is 0. The molecule has 0 radical (unpaired) electrons. The third-order valence-electron chi connectivity index (χ3n) is 11.6. The van der Waals surface area contributed by atoms with Crippen LogP contribution in [0.15, 0.2) is 84.9 Å². The monoisotopic (exact) mass is 835 g/mol. The van der Waals surface area contributed by atoms with Gasteiger partial charge in [0.2, 0.25) is 0 Å². The Morgan fingerprint density at radius 2 is 1.17 bits per heavy atom. The van der Waals surface area contributed by atoms with E-state index in [1.54, 1.807) is 53.8 Å². The first-order valence-corrected chi connectivity index (χ1v) is 21.4. The summed E-state index contributed by atoms with van der Waals surface area (Å²) in [6, 6.07) is 23.5. The van der Waals surface area contributed by atoms with Crippen molar-refractivity contribution >= 4 is 60.4 Å². The van der Waals surface area contributed by atoms with Crippen molar-refractivity contribution in [2.24, 2.45) is 22.7 Å². The minimum Gasteiger partial charge on any atom is -0.493 e. The number of benzene rings is 4. The van der Waals surface area contributed by atoms with Gasteiger partial charge >= 0.3 is 5.97 Å².